The van der Waals surface area contributed by atoms with Crippen LogP contribution in [0.4, 0.5) is 5.82 Å². The molecule has 86 valence electrons. The highest BCUT2D eigenvalue weighted by atomic mass is 35.5. The molecule has 2 rings (SSSR count). The lowest BCUT2D eigenvalue weighted by Gasteiger charge is -2.23. The van der Waals surface area contributed by atoms with Crippen LogP contribution >= 0.6 is 23.4 Å². The van der Waals surface area contributed by atoms with E-state index in [1.54, 1.807) is 0 Å². The predicted molar refractivity (Wildman–Crippen MR) is 66.4 cm³/mol. The first-order valence-corrected chi connectivity index (χ1v) is 6.64. The summed E-state index contributed by atoms with van der Waals surface area (Å²) in [6.07, 6.45) is 4.24. The topological polar surface area (TPSA) is 54.9 Å². The molecule has 0 unspecified atom stereocenters. The van der Waals surface area contributed by atoms with Crippen LogP contribution in [0.25, 0.3) is 0 Å². The SMILES string of the molecule is O=Cc1c(Cl)ncnc1NC1CCSCC1. The van der Waals surface area contributed by atoms with E-state index in [0.717, 1.165) is 24.3 Å². The zero-order valence-corrected chi connectivity index (χ0v) is 10.2. The van der Waals surface area contributed by atoms with Gasteiger partial charge in [0.1, 0.15) is 17.3 Å². The maximum atomic E-state index is 10.9. The number of aldehydes is 1. The molecule has 1 N–H and O–H groups in total. The highest BCUT2D eigenvalue weighted by Gasteiger charge is 2.16. The second-order valence-corrected chi connectivity index (χ2v) is 5.16. The molecule has 1 aliphatic heterocycles. The lowest BCUT2D eigenvalue weighted by Crippen LogP contribution is -2.25. The third-order valence-corrected chi connectivity index (χ3v) is 3.87. The van der Waals surface area contributed by atoms with E-state index >= 15 is 0 Å². The van der Waals surface area contributed by atoms with Crippen LogP contribution in [0.3, 0.4) is 0 Å². The quantitative estimate of drug-likeness (QED) is 0.665. The second kappa shape index (κ2) is 5.50. The first-order chi connectivity index (χ1) is 7.81. The van der Waals surface area contributed by atoms with Crippen LogP contribution in [0.2, 0.25) is 5.15 Å². The van der Waals surface area contributed by atoms with Crippen LogP contribution in [0.1, 0.15) is 23.2 Å². The van der Waals surface area contributed by atoms with Crippen molar-refractivity contribution in [1.82, 2.24) is 9.97 Å². The van der Waals surface area contributed by atoms with Crippen molar-refractivity contribution in [2.75, 3.05) is 16.8 Å². The molecular formula is C10H12ClN3OS. The number of nitrogens with zero attached hydrogens (tertiary/aromatic N) is 2. The molecule has 2 heterocycles. The van der Waals surface area contributed by atoms with E-state index in [9.17, 15) is 4.79 Å². The van der Waals surface area contributed by atoms with Gasteiger partial charge in [0.2, 0.25) is 0 Å². The van der Waals surface area contributed by atoms with Crippen molar-refractivity contribution in [2.45, 2.75) is 18.9 Å². The molecular weight excluding hydrogens is 246 g/mol. The minimum absolute atomic E-state index is 0.206. The van der Waals surface area contributed by atoms with Crippen molar-refractivity contribution in [3.63, 3.8) is 0 Å². The summed E-state index contributed by atoms with van der Waals surface area (Å²) in [4.78, 5) is 18.7. The van der Waals surface area contributed by atoms with Gasteiger partial charge in [-0.1, -0.05) is 11.6 Å². The van der Waals surface area contributed by atoms with E-state index in [1.807, 2.05) is 11.8 Å². The molecule has 1 fully saturated rings. The van der Waals surface area contributed by atoms with Crippen molar-refractivity contribution in [3.05, 3.63) is 17.0 Å². The minimum Gasteiger partial charge on any atom is -0.367 e. The van der Waals surface area contributed by atoms with Crippen molar-refractivity contribution in [2.24, 2.45) is 0 Å². The molecule has 0 atom stereocenters. The summed E-state index contributed by atoms with van der Waals surface area (Å²) in [6, 6.07) is 0.380. The van der Waals surface area contributed by atoms with E-state index in [-0.39, 0.29) is 5.15 Å². The van der Waals surface area contributed by atoms with Gasteiger partial charge in [0, 0.05) is 6.04 Å². The van der Waals surface area contributed by atoms with E-state index in [2.05, 4.69) is 15.3 Å². The van der Waals surface area contributed by atoms with Crippen molar-refractivity contribution in [3.8, 4) is 0 Å². The molecule has 0 spiro atoms. The number of hydrogen-bond acceptors (Lipinski definition) is 5. The fraction of sp³-hybridized carbons (Fsp3) is 0.500. The molecule has 0 aliphatic carbocycles. The number of hydrogen-bond donors (Lipinski definition) is 1. The number of halogens is 1. The van der Waals surface area contributed by atoms with E-state index in [1.165, 1.54) is 6.33 Å². The maximum absolute atomic E-state index is 10.9. The van der Waals surface area contributed by atoms with Crippen molar-refractivity contribution < 1.29 is 4.79 Å². The second-order valence-electron chi connectivity index (χ2n) is 3.58. The number of aromatic nitrogens is 2. The predicted octanol–water partition coefficient (Wildman–Crippen LogP) is 2.25. The van der Waals surface area contributed by atoms with Gasteiger partial charge >= 0.3 is 0 Å². The Kier molecular flexibility index (Phi) is 4.01. The molecule has 0 bridgehead atoms. The van der Waals surface area contributed by atoms with E-state index in [0.29, 0.717) is 23.7 Å². The van der Waals surface area contributed by atoms with Gasteiger partial charge in [0.05, 0.1) is 5.56 Å². The molecule has 6 heteroatoms. The van der Waals surface area contributed by atoms with Gasteiger partial charge < -0.3 is 5.32 Å². The van der Waals surface area contributed by atoms with E-state index < -0.39 is 0 Å². The summed E-state index contributed by atoms with van der Waals surface area (Å²) in [7, 11) is 0. The van der Waals surface area contributed by atoms with Crippen LogP contribution in [-0.2, 0) is 0 Å². The van der Waals surface area contributed by atoms with Crippen LogP contribution in [0.15, 0.2) is 6.33 Å². The summed E-state index contributed by atoms with van der Waals surface area (Å²) in [5.41, 5.74) is 0.349. The van der Waals surface area contributed by atoms with Crippen LogP contribution in [0, 0.1) is 0 Å². The van der Waals surface area contributed by atoms with Gasteiger partial charge in [0.25, 0.3) is 0 Å². The monoisotopic (exact) mass is 257 g/mol. The summed E-state index contributed by atoms with van der Waals surface area (Å²) in [6.45, 7) is 0. The largest absolute Gasteiger partial charge is 0.367 e. The Morgan fingerprint density at radius 2 is 2.19 bits per heavy atom. The third kappa shape index (κ3) is 2.65. The summed E-state index contributed by atoms with van der Waals surface area (Å²) < 4.78 is 0. The number of carbonyl (C=O) groups excluding carboxylic acids is 1. The average molecular weight is 258 g/mol. The first kappa shape index (κ1) is 11.7. The Morgan fingerprint density at radius 1 is 1.44 bits per heavy atom. The molecule has 0 amide bonds. The van der Waals surface area contributed by atoms with Gasteiger partial charge in [-0.25, -0.2) is 9.97 Å². The Bertz CT molecular complexity index is 382. The molecule has 4 nitrogen and oxygen atoms in total. The third-order valence-electron chi connectivity index (χ3n) is 2.52. The highest BCUT2D eigenvalue weighted by molar-refractivity contribution is 7.99. The highest BCUT2D eigenvalue weighted by Crippen LogP contribution is 2.23. The fourth-order valence-electron chi connectivity index (χ4n) is 1.63. The standard InChI is InChI=1S/C10H12ClN3OS/c11-9-8(5-15)10(13-6-12-9)14-7-1-3-16-4-2-7/h5-7H,1-4H2,(H,12,13,14). The Labute approximate surface area is 103 Å². The Balaban J connectivity index is 2.13. The molecule has 0 saturated carbocycles. The lowest BCUT2D eigenvalue weighted by molar-refractivity contribution is 0.112. The number of anilines is 1. The summed E-state index contributed by atoms with van der Waals surface area (Å²) in [5.74, 6) is 2.84. The lowest BCUT2D eigenvalue weighted by atomic mass is 10.1. The first-order valence-electron chi connectivity index (χ1n) is 5.11. The van der Waals surface area contributed by atoms with Gasteiger partial charge in [-0.2, -0.15) is 11.8 Å². The van der Waals surface area contributed by atoms with Crippen molar-refractivity contribution >= 4 is 35.5 Å². The number of rotatable bonds is 3. The number of carbonyl (C=O) groups is 1. The summed E-state index contributed by atoms with van der Waals surface area (Å²) >= 11 is 7.77. The summed E-state index contributed by atoms with van der Waals surface area (Å²) in [5, 5.41) is 3.47. The Morgan fingerprint density at radius 3 is 2.88 bits per heavy atom. The van der Waals surface area contributed by atoms with Crippen LogP contribution in [-0.4, -0.2) is 33.8 Å². The molecule has 1 aromatic heterocycles. The van der Waals surface area contributed by atoms with Crippen LogP contribution < -0.4 is 5.32 Å². The van der Waals surface area contributed by atoms with Crippen molar-refractivity contribution in [1.29, 1.82) is 0 Å². The molecule has 16 heavy (non-hydrogen) atoms. The zero-order chi connectivity index (χ0) is 11.4. The Hall–Kier alpha value is -0.810. The van der Waals surface area contributed by atoms with Gasteiger partial charge in [-0.15, -0.1) is 0 Å². The number of nitrogens with one attached hydrogen (secondary N) is 1. The normalized spacial score (nSPS) is 17.1. The smallest absolute Gasteiger partial charge is 0.156 e. The maximum Gasteiger partial charge on any atom is 0.156 e. The van der Waals surface area contributed by atoms with E-state index in [4.69, 9.17) is 11.6 Å². The molecule has 0 aromatic carbocycles. The van der Waals surface area contributed by atoms with Gasteiger partial charge in [-0.3, -0.25) is 4.79 Å². The van der Waals surface area contributed by atoms with Gasteiger partial charge in [-0.05, 0) is 24.3 Å². The molecule has 1 saturated heterocycles. The molecule has 1 aliphatic rings. The minimum atomic E-state index is 0.206. The fourth-order valence-corrected chi connectivity index (χ4v) is 2.91. The zero-order valence-electron chi connectivity index (χ0n) is 8.65. The number of thioether (sulfide) groups is 1. The van der Waals surface area contributed by atoms with Crippen LogP contribution in [0.5, 0.6) is 0 Å². The molecule has 0 radical (unpaired) electrons. The van der Waals surface area contributed by atoms with Gasteiger partial charge in [0.15, 0.2) is 6.29 Å². The molecule has 1 aromatic rings. The average Bonchev–Trinajstić information content (AvgIpc) is 2.31.